The van der Waals surface area contributed by atoms with Gasteiger partial charge >= 0.3 is 5.97 Å². The number of nitrogens with one attached hydrogen (secondary N) is 1. The maximum Gasteiger partial charge on any atom is 0.310 e. The number of hydrogen-bond acceptors (Lipinski definition) is 3. The first-order valence-electron chi connectivity index (χ1n) is 5.47. The summed E-state index contributed by atoms with van der Waals surface area (Å²) in [7, 11) is 0. The number of aromatic amines is 1. The number of ether oxygens (including phenoxy) is 1. The van der Waals surface area contributed by atoms with Crippen molar-refractivity contribution in [2.24, 2.45) is 0 Å². The van der Waals surface area contributed by atoms with Crippen LogP contribution in [0, 0.1) is 0 Å². The highest BCUT2D eigenvalue weighted by Crippen LogP contribution is 2.16. The van der Waals surface area contributed by atoms with Gasteiger partial charge in [0.25, 0.3) is 0 Å². The monoisotopic (exact) mass is 231 g/mol. The van der Waals surface area contributed by atoms with E-state index < -0.39 is 0 Å². The zero-order valence-electron chi connectivity index (χ0n) is 9.53. The van der Waals surface area contributed by atoms with Crippen LogP contribution in [0.3, 0.4) is 0 Å². The van der Waals surface area contributed by atoms with E-state index in [0.29, 0.717) is 6.61 Å². The lowest BCUT2D eigenvalue weighted by molar-refractivity contribution is -0.142. The lowest BCUT2D eigenvalue weighted by Gasteiger charge is -2.05. The first kappa shape index (κ1) is 11.4. The van der Waals surface area contributed by atoms with Crippen molar-refractivity contribution in [3.05, 3.63) is 46.2 Å². The van der Waals surface area contributed by atoms with Gasteiger partial charge in [-0.1, -0.05) is 12.1 Å². The Balaban J connectivity index is 2.41. The molecule has 0 aliphatic heterocycles. The molecule has 4 heteroatoms. The van der Waals surface area contributed by atoms with E-state index in [2.05, 4.69) is 4.98 Å². The molecule has 2 rings (SSSR count). The van der Waals surface area contributed by atoms with E-state index in [1.807, 2.05) is 18.2 Å². The van der Waals surface area contributed by atoms with Crippen molar-refractivity contribution in [3.8, 4) is 0 Å². The predicted molar refractivity (Wildman–Crippen MR) is 64.9 cm³/mol. The summed E-state index contributed by atoms with van der Waals surface area (Å²) in [6.07, 6.45) is 0.219. The lowest BCUT2D eigenvalue weighted by Crippen LogP contribution is -2.09. The Hall–Kier alpha value is -2.10. The minimum absolute atomic E-state index is 0.147. The van der Waals surface area contributed by atoms with Gasteiger partial charge in [0.15, 0.2) is 0 Å². The molecule has 0 saturated carbocycles. The van der Waals surface area contributed by atoms with E-state index in [4.69, 9.17) is 4.74 Å². The van der Waals surface area contributed by atoms with Gasteiger partial charge in [-0.15, -0.1) is 0 Å². The first-order chi connectivity index (χ1) is 8.20. The molecule has 2 aromatic rings. The van der Waals surface area contributed by atoms with Crippen LogP contribution < -0.4 is 5.56 Å². The molecule has 0 aliphatic carbocycles. The Morgan fingerprint density at radius 3 is 2.88 bits per heavy atom. The second-order valence-corrected chi connectivity index (χ2v) is 3.68. The summed E-state index contributed by atoms with van der Waals surface area (Å²) in [5.74, 6) is -0.258. The fourth-order valence-corrected chi connectivity index (χ4v) is 1.77. The van der Waals surface area contributed by atoms with Crippen LogP contribution in [0.1, 0.15) is 12.5 Å². The molecule has 0 aliphatic rings. The van der Waals surface area contributed by atoms with E-state index in [0.717, 1.165) is 16.5 Å². The van der Waals surface area contributed by atoms with Gasteiger partial charge < -0.3 is 9.72 Å². The van der Waals surface area contributed by atoms with Crippen molar-refractivity contribution in [1.29, 1.82) is 0 Å². The zero-order chi connectivity index (χ0) is 12.3. The number of carbonyl (C=O) groups is 1. The molecule has 0 saturated heterocycles. The Bertz CT molecular complexity index is 601. The van der Waals surface area contributed by atoms with Crippen molar-refractivity contribution in [3.63, 3.8) is 0 Å². The molecule has 0 spiro atoms. The molecule has 4 nitrogen and oxygen atoms in total. The molecule has 0 bridgehead atoms. The summed E-state index contributed by atoms with van der Waals surface area (Å²) >= 11 is 0. The maximum atomic E-state index is 11.4. The van der Waals surface area contributed by atoms with Crippen LogP contribution in [0.2, 0.25) is 0 Å². The molecule has 0 unspecified atom stereocenters. The molecule has 0 fully saturated rings. The van der Waals surface area contributed by atoms with Crippen LogP contribution in [0.25, 0.3) is 10.9 Å². The topological polar surface area (TPSA) is 59.2 Å². The van der Waals surface area contributed by atoms with Gasteiger partial charge in [0.1, 0.15) is 0 Å². The van der Waals surface area contributed by atoms with Crippen molar-refractivity contribution in [2.75, 3.05) is 6.61 Å². The number of fused-ring (bicyclic) bond motifs is 1. The molecule has 17 heavy (non-hydrogen) atoms. The maximum absolute atomic E-state index is 11.4. The highest BCUT2D eigenvalue weighted by Gasteiger charge is 2.07. The van der Waals surface area contributed by atoms with Crippen molar-refractivity contribution in [2.45, 2.75) is 13.3 Å². The molecule has 0 atom stereocenters. The second-order valence-electron chi connectivity index (χ2n) is 3.68. The normalized spacial score (nSPS) is 10.4. The van der Waals surface area contributed by atoms with E-state index in [9.17, 15) is 9.59 Å². The van der Waals surface area contributed by atoms with Gasteiger partial charge in [0.2, 0.25) is 5.56 Å². The predicted octanol–water partition coefficient (Wildman–Crippen LogP) is 1.63. The molecule has 1 heterocycles. The van der Waals surface area contributed by atoms with Crippen LogP contribution in [-0.4, -0.2) is 17.6 Å². The van der Waals surface area contributed by atoms with Gasteiger partial charge in [0.05, 0.1) is 13.0 Å². The van der Waals surface area contributed by atoms with Gasteiger partial charge in [-0.2, -0.15) is 0 Å². The van der Waals surface area contributed by atoms with Crippen molar-refractivity contribution < 1.29 is 9.53 Å². The Labute approximate surface area is 98.2 Å². The standard InChI is InChI=1S/C13H13NO3/c1-2-17-13(16)8-9-4-3-5-11-10(9)6-7-12(15)14-11/h3-7H,2,8H2,1H3,(H,14,15). The average Bonchev–Trinajstić information content (AvgIpc) is 2.29. The highest BCUT2D eigenvalue weighted by atomic mass is 16.5. The largest absolute Gasteiger partial charge is 0.466 e. The van der Waals surface area contributed by atoms with E-state index in [1.165, 1.54) is 6.07 Å². The minimum atomic E-state index is -0.258. The summed E-state index contributed by atoms with van der Waals surface area (Å²) < 4.78 is 4.91. The zero-order valence-corrected chi connectivity index (χ0v) is 9.53. The van der Waals surface area contributed by atoms with Crippen LogP contribution in [0.4, 0.5) is 0 Å². The Morgan fingerprint density at radius 2 is 2.12 bits per heavy atom. The number of pyridine rings is 1. The van der Waals surface area contributed by atoms with E-state index in [1.54, 1.807) is 13.0 Å². The number of esters is 1. The average molecular weight is 231 g/mol. The summed E-state index contributed by atoms with van der Waals surface area (Å²) in [5, 5.41) is 0.875. The SMILES string of the molecule is CCOC(=O)Cc1cccc2[nH]c(=O)ccc12. The van der Waals surface area contributed by atoms with Gasteiger partial charge in [0, 0.05) is 17.0 Å². The molecule has 1 aromatic heterocycles. The van der Waals surface area contributed by atoms with Crippen molar-refractivity contribution in [1.82, 2.24) is 4.98 Å². The molecule has 1 aromatic carbocycles. The number of rotatable bonds is 3. The summed E-state index contributed by atoms with van der Waals surface area (Å²) in [6, 6.07) is 8.66. The fraction of sp³-hybridized carbons (Fsp3) is 0.231. The lowest BCUT2D eigenvalue weighted by atomic mass is 10.1. The number of hydrogen-bond donors (Lipinski definition) is 1. The van der Waals surface area contributed by atoms with Crippen LogP contribution in [-0.2, 0) is 16.0 Å². The smallest absolute Gasteiger partial charge is 0.310 e. The quantitative estimate of drug-likeness (QED) is 0.817. The molecular weight excluding hydrogens is 218 g/mol. The number of benzene rings is 1. The van der Waals surface area contributed by atoms with Gasteiger partial charge in [-0.05, 0) is 24.6 Å². The Kier molecular flexibility index (Phi) is 3.23. The highest BCUT2D eigenvalue weighted by molar-refractivity contribution is 5.86. The minimum Gasteiger partial charge on any atom is -0.466 e. The Morgan fingerprint density at radius 1 is 1.29 bits per heavy atom. The number of H-pyrrole nitrogens is 1. The summed E-state index contributed by atoms with van der Waals surface area (Å²) in [6.45, 7) is 2.15. The summed E-state index contributed by atoms with van der Waals surface area (Å²) in [4.78, 5) is 25.3. The van der Waals surface area contributed by atoms with E-state index in [-0.39, 0.29) is 17.9 Å². The molecular formula is C13H13NO3. The third-order valence-electron chi connectivity index (χ3n) is 2.50. The summed E-state index contributed by atoms with van der Waals surface area (Å²) in [5.41, 5.74) is 1.45. The van der Waals surface area contributed by atoms with Crippen LogP contribution in [0.15, 0.2) is 35.1 Å². The molecule has 1 N–H and O–H groups in total. The third kappa shape index (κ3) is 2.53. The van der Waals surface area contributed by atoms with Crippen molar-refractivity contribution >= 4 is 16.9 Å². The number of aromatic nitrogens is 1. The molecule has 88 valence electrons. The molecule has 0 amide bonds. The van der Waals surface area contributed by atoms with Crippen LogP contribution in [0.5, 0.6) is 0 Å². The second kappa shape index (κ2) is 4.82. The number of carbonyl (C=O) groups excluding carboxylic acids is 1. The van der Waals surface area contributed by atoms with Crippen LogP contribution >= 0.6 is 0 Å². The first-order valence-corrected chi connectivity index (χ1v) is 5.47. The van der Waals surface area contributed by atoms with E-state index >= 15 is 0 Å². The third-order valence-corrected chi connectivity index (χ3v) is 2.50. The fourth-order valence-electron chi connectivity index (χ4n) is 1.77. The van der Waals surface area contributed by atoms with Gasteiger partial charge in [-0.25, -0.2) is 0 Å². The molecule has 0 radical (unpaired) electrons. The van der Waals surface area contributed by atoms with Gasteiger partial charge in [-0.3, -0.25) is 9.59 Å².